The zero-order valence-corrected chi connectivity index (χ0v) is 44.0. The molecule has 76 heavy (non-hydrogen) atoms. The number of anilines is 2. The highest BCUT2D eigenvalue weighted by Crippen LogP contribution is 2.42. The molecule has 4 aliphatic heterocycles. The Morgan fingerprint density at radius 2 is 1.53 bits per heavy atom. The van der Waals surface area contributed by atoms with Crippen molar-refractivity contribution in [1.82, 2.24) is 30.8 Å². The van der Waals surface area contributed by atoms with E-state index in [2.05, 4.69) is 47.0 Å². The van der Waals surface area contributed by atoms with Crippen molar-refractivity contribution in [2.24, 2.45) is 15.7 Å². The maximum Gasteiger partial charge on any atom is 0.355 e. The summed E-state index contributed by atoms with van der Waals surface area (Å²) < 4.78 is 6.78. The molecule has 1 fully saturated rings. The molecule has 0 radical (unpaired) electrons. The third kappa shape index (κ3) is 12.5. The quantitative estimate of drug-likeness (QED) is 0.0190. The molecule has 0 aromatic carbocycles. The monoisotopic (exact) mass is 1130 g/mol. The minimum atomic E-state index is -2.00. The van der Waals surface area contributed by atoms with Crippen LogP contribution < -0.4 is 36.4 Å². The molecule has 7 rings (SSSR count). The van der Waals surface area contributed by atoms with Gasteiger partial charge in [0.1, 0.15) is 53.1 Å². The summed E-state index contributed by atoms with van der Waals surface area (Å²) in [7, 11) is 0. The number of aromatic nitrogens is 3. The number of pyridine rings is 1. The average Bonchev–Trinajstić information content (AvgIpc) is 4.13. The number of esters is 1. The van der Waals surface area contributed by atoms with Crippen molar-refractivity contribution in [3.8, 4) is 0 Å². The van der Waals surface area contributed by atoms with E-state index in [1.165, 1.54) is 55.1 Å². The van der Waals surface area contributed by atoms with Gasteiger partial charge in [-0.2, -0.15) is 0 Å². The fourth-order valence-electron chi connectivity index (χ4n) is 6.71. The lowest BCUT2D eigenvalue weighted by Crippen LogP contribution is -2.70. The lowest BCUT2D eigenvalue weighted by Gasteiger charge is -2.48. The Hall–Kier alpha value is -7.68. The second kappa shape index (κ2) is 22.7. The number of oxime groups is 2. The number of hydrogen-bond donors (Lipinski definition) is 8. The second-order valence-electron chi connectivity index (χ2n) is 18.4. The normalized spacial score (nSPS) is 19.2. The molecule has 3 aromatic heterocycles. The fraction of sp³-hybridized carbons (Fsp3) is 0.409. The molecular weight excluding hydrogens is 1080 g/mol. The van der Waals surface area contributed by atoms with Crippen LogP contribution in [0.4, 0.5) is 10.3 Å². The van der Waals surface area contributed by atoms with Gasteiger partial charge in [0.15, 0.2) is 41.1 Å². The number of ether oxygens (including phenoxy) is 1. The van der Waals surface area contributed by atoms with Gasteiger partial charge in [-0.3, -0.25) is 33.7 Å². The molecule has 4 aliphatic rings. The van der Waals surface area contributed by atoms with Gasteiger partial charge in [0.2, 0.25) is 10.7 Å². The number of amides is 4. The van der Waals surface area contributed by atoms with Crippen molar-refractivity contribution in [3.05, 3.63) is 75.3 Å². The van der Waals surface area contributed by atoms with Crippen LogP contribution in [0, 0.1) is 5.41 Å². The highest BCUT2D eigenvalue weighted by molar-refractivity contribution is 8.00. The van der Waals surface area contributed by atoms with Gasteiger partial charge < -0.3 is 60.9 Å². The first-order valence-electron chi connectivity index (χ1n) is 22.3. The third-order valence-electron chi connectivity index (χ3n) is 11.3. The van der Waals surface area contributed by atoms with Gasteiger partial charge in [0.25, 0.3) is 23.6 Å². The third-order valence-corrected chi connectivity index (χ3v) is 15.4. The van der Waals surface area contributed by atoms with Crippen LogP contribution in [0.2, 0.25) is 0 Å². The van der Waals surface area contributed by atoms with Crippen LogP contribution in [-0.4, -0.2) is 154 Å². The Morgan fingerprint density at radius 3 is 2.17 bits per heavy atom. The summed E-state index contributed by atoms with van der Waals surface area (Å²) in [6, 6.07) is 2.27. The Labute approximate surface area is 446 Å². The van der Waals surface area contributed by atoms with Crippen LogP contribution in [-0.2, 0) is 68.9 Å². The minimum absolute atomic E-state index is 0.0167. The second-order valence-corrected chi connectivity index (χ2v) is 22.3. The maximum atomic E-state index is 14.6. The molecule has 4 atom stereocenters. The summed E-state index contributed by atoms with van der Waals surface area (Å²) in [5.74, 6) is -9.98. The van der Waals surface area contributed by atoms with E-state index < -0.39 is 117 Å². The zero-order valence-electron chi connectivity index (χ0n) is 40.8. The number of thioether (sulfide) groups is 2. The van der Waals surface area contributed by atoms with E-state index in [9.17, 15) is 63.6 Å². The molecule has 32 heteroatoms. The molecule has 28 nitrogen and oxygen atoms in total. The van der Waals surface area contributed by atoms with Crippen LogP contribution >= 0.6 is 46.2 Å². The predicted molar refractivity (Wildman–Crippen MR) is 266 cm³/mol. The lowest BCUT2D eigenvalue weighted by atomic mass is 9.96. The molecule has 0 saturated carbocycles. The molecule has 8 N–H and O–H groups in total. The summed E-state index contributed by atoms with van der Waals surface area (Å²) >= 11 is 3.83. The van der Waals surface area contributed by atoms with Crippen LogP contribution in [0.3, 0.4) is 0 Å². The van der Waals surface area contributed by atoms with Crippen molar-refractivity contribution < 1.29 is 87.4 Å². The molecule has 3 aromatic rings. The van der Waals surface area contributed by atoms with Gasteiger partial charge in [-0.25, -0.2) is 34.4 Å². The predicted octanol–water partition coefficient (Wildman–Crippen LogP) is -0.790. The molecule has 2 unspecified atom stereocenters. The minimum Gasteiger partial charge on any atom is -0.543 e. The van der Waals surface area contributed by atoms with E-state index in [-0.39, 0.29) is 46.3 Å². The number of rotatable bonds is 23. The van der Waals surface area contributed by atoms with Gasteiger partial charge in [-0.15, -0.1) is 46.2 Å². The lowest BCUT2D eigenvalue weighted by molar-refractivity contribution is -0.689. The molecule has 0 spiro atoms. The number of carbonyl (C=O) groups excluding carboxylic acids is 6. The smallest absolute Gasteiger partial charge is 0.355 e. The fourth-order valence-corrected chi connectivity index (χ4v) is 10.6. The Bertz CT molecular complexity index is 3010. The Morgan fingerprint density at radius 1 is 0.882 bits per heavy atom. The largest absolute Gasteiger partial charge is 0.543 e. The number of nitrogens with one attached hydrogen (secondary N) is 5. The average molecular weight is 1130 g/mol. The van der Waals surface area contributed by atoms with Crippen molar-refractivity contribution in [3.63, 3.8) is 0 Å². The first-order chi connectivity index (χ1) is 35.8. The molecule has 7 heterocycles. The molecular formula is C44H47N11O17S4. The van der Waals surface area contributed by atoms with E-state index in [1.807, 2.05) is 0 Å². The summed E-state index contributed by atoms with van der Waals surface area (Å²) in [5, 5.41) is 59.9. The number of carbonyl (C=O) groups is 9. The first-order valence-corrected chi connectivity index (χ1v) is 26.2. The Balaban J connectivity index is 1.19. The molecule has 1 saturated heterocycles. The van der Waals surface area contributed by atoms with Gasteiger partial charge in [-0.05, 0) is 41.5 Å². The van der Waals surface area contributed by atoms with Gasteiger partial charge in [0, 0.05) is 45.5 Å². The van der Waals surface area contributed by atoms with Gasteiger partial charge >= 0.3 is 23.9 Å². The molecule has 4 amide bonds. The Kier molecular flexibility index (Phi) is 16.7. The number of thiazole rings is 2. The highest BCUT2D eigenvalue weighted by Gasteiger charge is 2.56. The van der Waals surface area contributed by atoms with Crippen molar-refractivity contribution in [2.45, 2.75) is 82.1 Å². The van der Waals surface area contributed by atoms with Gasteiger partial charge in [-0.1, -0.05) is 16.4 Å². The summed E-state index contributed by atoms with van der Waals surface area (Å²) in [6.45, 7) is 6.99. The number of carboxylic acid groups (broad SMARTS) is 4. The number of carboxylic acids is 4. The summed E-state index contributed by atoms with van der Waals surface area (Å²) in [6.07, 6.45) is 3.40. The van der Waals surface area contributed by atoms with E-state index in [1.54, 1.807) is 35.2 Å². The zero-order chi connectivity index (χ0) is 55.4. The van der Waals surface area contributed by atoms with E-state index in [0.717, 1.165) is 48.3 Å². The standard InChI is InChI=1S/C44H47N11O17S4/c1-42(2,37(63)64)18-70-51-24(21-17-76-41(46-21)53-72-44(5,6)39(67)68)29(56)47-26(32-49-23(35(60)61)19(14-73-32)12-54-10-8-7-9-11-54)31(58)50-40-45-22(16-75-40)25(52-71-43(3,4)38(65)66)30(57)48-27-33(59)55-28-20(13-69-36(28)62)15-74-34(27)55/h7-11,16-17,26-27,32,34,49H,12-15,18H2,1-6H3,(H7-,45,46,47,48,50,53,56,57,58,60,61,63,64,65,66,67,68)/b51-24-,52-25-/t26?,27-,32?,34-/m1/s1. The number of hydrogen-bond acceptors (Lipinski definition) is 24. The molecule has 0 aliphatic carbocycles. The van der Waals surface area contributed by atoms with E-state index in [0.29, 0.717) is 16.9 Å². The molecule has 404 valence electrons. The van der Waals surface area contributed by atoms with Crippen LogP contribution in [0.1, 0.15) is 52.9 Å². The number of aliphatic carboxylic acids is 4. The van der Waals surface area contributed by atoms with E-state index >= 15 is 0 Å². The maximum absolute atomic E-state index is 14.6. The highest BCUT2D eigenvalue weighted by atomic mass is 32.2. The van der Waals surface area contributed by atoms with E-state index in [4.69, 9.17) is 19.2 Å². The number of β-lactam (4-membered cyclic amide) rings is 1. The topological polar surface area (TPSA) is 392 Å². The number of cyclic esters (lactones) is 1. The summed E-state index contributed by atoms with van der Waals surface area (Å²) in [5.41, 5.74) is -4.01. The number of nitrogens with zero attached hydrogens (tertiary/aromatic N) is 6. The number of fused-ring (bicyclic) bond motifs is 2. The van der Waals surface area contributed by atoms with Crippen molar-refractivity contribution in [2.75, 3.05) is 35.5 Å². The molecule has 0 bridgehead atoms. The van der Waals surface area contributed by atoms with Crippen molar-refractivity contribution in [1.29, 1.82) is 0 Å². The van der Waals surface area contributed by atoms with Crippen molar-refractivity contribution >= 4 is 121 Å². The van der Waals surface area contributed by atoms with Gasteiger partial charge in [0.05, 0.1) is 17.1 Å². The van der Waals surface area contributed by atoms with Crippen LogP contribution in [0.25, 0.3) is 0 Å². The van der Waals surface area contributed by atoms with Crippen LogP contribution in [0.5, 0.6) is 0 Å². The van der Waals surface area contributed by atoms with Crippen LogP contribution in [0.15, 0.2) is 74.2 Å². The first kappa shape index (κ1) is 56.1. The summed E-state index contributed by atoms with van der Waals surface area (Å²) in [4.78, 5) is 143. The SMILES string of the molecule is CC(C)(CO/N=C(\C(=O)NC(C(=O)Nc1nc(/C(=N/OC(C)(C)C(=O)O)C(=O)N[C@@H]2C(=O)N3C4=C(COC4=O)CS[C@H]23)cs1)C1NC(C(=O)[O-])=C(C[n+]2ccccc2)CS1)c1csc(NOC(C)(C)C(=O)O)n1)C(=O)O.